The fourth-order valence-corrected chi connectivity index (χ4v) is 2.89. The number of aromatic amines is 1. The summed E-state index contributed by atoms with van der Waals surface area (Å²) in [5.41, 5.74) is 2.03. The zero-order valence-electron chi connectivity index (χ0n) is 14.3. The maximum absolute atomic E-state index is 13.2. The molecule has 0 aliphatic carbocycles. The number of aliphatic hydroxyl groups is 1. The lowest BCUT2D eigenvalue weighted by Gasteiger charge is -2.15. The van der Waals surface area contributed by atoms with E-state index in [1.165, 1.54) is 18.5 Å². The maximum atomic E-state index is 13.2. The smallest absolute Gasteiger partial charge is 0.421 e. The molecular formula is C19H14F2N4O3. The minimum Gasteiger partial charge on any atom is -0.431 e. The highest BCUT2D eigenvalue weighted by atomic mass is 19.3. The molecule has 9 heteroatoms. The SMILES string of the molecule is O=c1[nH]cnc2c1c(-c1ccc(OC(F)(F)CO)cc1)cn2-c1cccnc1. The largest absolute Gasteiger partial charge is 0.431 e. The van der Waals surface area contributed by atoms with Crippen molar-refractivity contribution >= 4 is 11.0 Å². The molecule has 0 saturated heterocycles. The van der Waals surface area contributed by atoms with Crippen LogP contribution in [0.4, 0.5) is 8.78 Å². The Labute approximate surface area is 156 Å². The summed E-state index contributed by atoms with van der Waals surface area (Å²) in [7, 11) is 0. The van der Waals surface area contributed by atoms with Crippen molar-refractivity contribution in [1.82, 2.24) is 19.5 Å². The van der Waals surface area contributed by atoms with Gasteiger partial charge in [0, 0.05) is 18.0 Å². The zero-order chi connectivity index (χ0) is 19.7. The Balaban J connectivity index is 1.82. The van der Waals surface area contributed by atoms with Crippen molar-refractivity contribution in [2.45, 2.75) is 6.11 Å². The Bertz CT molecular complexity index is 1170. The molecule has 0 unspecified atom stereocenters. The van der Waals surface area contributed by atoms with Crippen molar-refractivity contribution in [3.05, 3.63) is 71.7 Å². The van der Waals surface area contributed by atoms with Crippen LogP contribution in [0.2, 0.25) is 0 Å². The molecule has 7 nitrogen and oxygen atoms in total. The molecular weight excluding hydrogens is 370 g/mol. The van der Waals surface area contributed by atoms with E-state index >= 15 is 0 Å². The number of aliphatic hydroxyl groups excluding tert-OH is 1. The predicted molar refractivity (Wildman–Crippen MR) is 97.6 cm³/mol. The molecule has 1 aromatic carbocycles. The number of pyridine rings is 1. The van der Waals surface area contributed by atoms with Crippen LogP contribution in [0.5, 0.6) is 5.75 Å². The lowest BCUT2D eigenvalue weighted by atomic mass is 10.1. The molecule has 28 heavy (non-hydrogen) atoms. The van der Waals surface area contributed by atoms with Crippen LogP contribution in [0.25, 0.3) is 27.8 Å². The predicted octanol–water partition coefficient (Wildman–Crippen LogP) is 2.74. The molecule has 0 radical (unpaired) electrons. The van der Waals surface area contributed by atoms with E-state index in [0.717, 1.165) is 5.69 Å². The van der Waals surface area contributed by atoms with Crippen molar-refractivity contribution in [1.29, 1.82) is 0 Å². The quantitative estimate of drug-likeness (QED) is 0.552. The highest BCUT2D eigenvalue weighted by Crippen LogP contribution is 2.31. The Kier molecular flexibility index (Phi) is 4.36. The number of benzene rings is 1. The number of H-pyrrole nitrogens is 1. The van der Waals surface area contributed by atoms with Gasteiger partial charge in [0.1, 0.15) is 12.4 Å². The summed E-state index contributed by atoms with van der Waals surface area (Å²) in [6, 6.07) is 9.39. The van der Waals surface area contributed by atoms with E-state index in [1.54, 1.807) is 41.4 Å². The van der Waals surface area contributed by atoms with Gasteiger partial charge < -0.3 is 14.8 Å². The van der Waals surface area contributed by atoms with Gasteiger partial charge in [0.05, 0.1) is 23.6 Å². The molecule has 0 bridgehead atoms. The van der Waals surface area contributed by atoms with E-state index in [4.69, 9.17) is 5.11 Å². The van der Waals surface area contributed by atoms with Gasteiger partial charge in [-0.3, -0.25) is 14.3 Å². The Hall–Kier alpha value is -3.59. The summed E-state index contributed by atoms with van der Waals surface area (Å²) in [5.74, 6) is -0.106. The Morgan fingerprint density at radius 3 is 2.68 bits per heavy atom. The number of alkyl halides is 2. The van der Waals surface area contributed by atoms with Crippen LogP contribution in [0, 0.1) is 0 Å². The fraction of sp³-hybridized carbons (Fsp3) is 0.105. The van der Waals surface area contributed by atoms with Gasteiger partial charge in [-0.1, -0.05) is 12.1 Å². The minimum absolute atomic E-state index is 0.106. The second kappa shape index (κ2) is 6.86. The van der Waals surface area contributed by atoms with Crippen molar-refractivity contribution in [3.63, 3.8) is 0 Å². The Morgan fingerprint density at radius 2 is 2.00 bits per heavy atom. The number of hydrogen-bond donors (Lipinski definition) is 2. The van der Waals surface area contributed by atoms with E-state index in [-0.39, 0.29) is 11.3 Å². The summed E-state index contributed by atoms with van der Waals surface area (Å²) < 4.78 is 32.5. The summed E-state index contributed by atoms with van der Waals surface area (Å²) >= 11 is 0. The van der Waals surface area contributed by atoms with Crippen LogP contribution in [0.1, 0.15) is 0 Å². The van der Waals surface area contributed by atoms with Gasteiger partial charge in [0.2, 0.25) is 0 Å². The third-order valence-corrected chi connectivity index (χ3v) is 4.13. The highest BCUT2D eigenvalue weighted by molar-refractivity contribution is 5.94. The topological polar surface area (TPSA) is 93.0 Å². The monoisotopic (exact) mass is 384 g/mol. The number of rotatable bonds is 5. The first kappa shape index (κ1) is 17.8. The first-order valence-electron chi connectivity index (χ1n) is 8.26. The summed E-state index contributed by atoms with van der Waals surface area (Å²) in [6.45, 7) is -1.42. The van der Waals surface area contributed by atoms with Crippen molar-refractivity contribution in [2.24, 2.45) is 0 Å². The molecule has 0 aliphatic heterocycles. The molecule has 142 valence electrons. The first-order valence-corrected chi connectivity index (χ1v) is 8.26. The molecule has 0 fully saturated rings. The number of aromatic nitrogens is 4. The van der Waals surface area contributed by atoms with E-state index in [0.29, 0.717) is 22.2 Å². The van der Waals surface area contributed by atoms with Gasteiger partial charge in [-0.15, -0.1) is 0 Å². The molecule has 3 aromatic heterocycles. The molecule has 0 aliphatic rings. The van der Waals surface area contributed by atoms with Gasteiger partial charge in [-0.2, -0.15) is 8.78 Å². The second-order valence-corrected chi connectivity index (χ2v) is 5.98. The third kappa shape index (κ3) is 3.23. The summed E-state index contributed by atoms with van der Waals surface area (Å²) in [4.78, 5) is 23.3. The lowest BCUT2D eigenvalue weighted by molar-refractivity contribution is -0.200. The molecule has 0 atom stereocenters. The normalized spacial score (nSPS) is 11.7. The van der Waals surface area contributed by atoms with Crippen LogP contribution in [-0.2, 0) is 0 Å². The molecule has 0 saturated carbocycles. The van der Waals surface area contributed by atoms with Crippen LogP contribution in [0.3, 0.4) is 0 Å². The number of hydrogen-bond acceptors (Lipinski definition) is 5. The summed E-state index contributed by atoms with van der Waals surface area (Å²) in [5, 5.41) is 8.98. The lowest BCUT2D eigenvalue weighted by Crippen LogP contribution is -2.28. The molecule has 4 aromatic rings. The third-order valence-electron chi connectivity index (χ3n) is 4.13. The molecule has 4 rings (SSSR count). The van der Waals surface area contributed by atoms with Gasteiger partial charge >= 0.3 is 6.11 Å². The number of nitrogens with zero attached hydrogens (tertiary/aromatic N) is 3. The first-order chi connectivity index (χ1) is 13.5. The number of ether oxygens (including phenoxy) is 1. The minimum atomic E-state index is -3.67. The van der Waals surface area contributed by atoms with Crippen molar-refractivity contribution in [2.75, 3.05) is 6.61 Å². The molecule has 0 spiro atoms. The molecule has 2 N–H and O–H groups in total. The van der Waals surface area contributed by atoms with E-state index in [2.05, 4.69) is 19.7 Å². The number of nitrogens with one attached hydrogen (secondary N) is 1. The standard InChI is InChI=1S/C19H14F2N4O3/c20-19(21,10-26)28-14-5-3-12(4-6-14)15-9-25(13-2-1-7-22-8-13)17-16(15)18(27)24-11-23-17/h1-9,11,26H,10H2,(H,23,24,27). The van der Waals surface area contributed by atoms with Crippen LogP contribution >= 0.6 is 0 Å². The average Bonchev–Trinajstić information content (AvgIpc) is 3.10. The summed E-state index contributed by atoms with van der Waals surface area (Å²) in [6.07, 6.45) is 2.66. The number of halogens is 2. The molecule has 0 amide bonds. The highest BCUT2D eigenvalue weighted by Gasteiger charge is 2.30. The van der Waals surface area contributed by atoms with Crippen LogP contribution in [-0.4, -0.2) is 37.3 Å². The number of fused-ring (bicyclic) bond motifs is 1. The van der Waals surface area contributed by atoms with Crippen molar-refractivity contribution < 1.29 is 18.6 Å². The molecule has 3 heterocycles. The van der Waals surface area contributed by atoms with Gasteiger partial charge in [0.25, 0.3) is 5.56 Å². The van der Waals surface area contributed by atoms with Gasteiger partial charge in [0.15, 0.2) is 5.65 Å². The van der Waals surface area contributed by atoms with Crippen LogP contribution in [0.15, 0.2) is 66.1 Å². The average molecular weight is 384 g/mol. The van der Waals surface area contributed by atoms with E-state index in [9.17, 15) is 13.6 Å². The van der Waals surface area contributed by atoms with E-state index in [1.807, 2.05) is 6.07 Å². The maximum Gasteiger partial charge on any atom is 0.421 e. The zero-order valence-corrected chi connectivity index (χ0v) is 14.3. The van der Waals surface area contributed by atoms with Crippen LogP contribution < -0.4 is 10.3 Å². The van der Waals surface area contributed by atoms with Gasteiger partial charge in [-0.05, 0) is 29.8 Å². The Morgan fingerprint density at radius 1 is 1.21 bits per heavy atom. The fourth-order valence-electron chi connectivity index (χ4n) is 2.89. The van der Waals surface area contributed by atoms with Crippen molar-refractivity contribution in [3.8, 4) is 22.6 Å². The second-order valence-electron chi connectivity index (χ2n) is 5.98. The van der Waals surface area contributed by atoms with Gasteiger partial charge in [-0.25, -0.2) is 4.98 Å². The van der Waals surface area contributed by atoms with E-state index < -0.39 is 12.7 Å².